The molecule has 0 bridgehead atoms. The number of benzene rings is 2. The molecule has 0 saturated carbocycles. The highest BCUT2D eigenvalue weighted by atomic mass is 35.5. The summed E-state index contributed by atoms with van der Waals surface area (Å²) in [6, 6.07) is 10.8. The van der Waals surface area contributed by atoms with Crippen LogP contribution in [0.1, 0.15) is 5.56 Å². The molecule has 0 saturated heterocycles. The molecule has 0 aliphatic carbocycles. The molecule has 0 atom stereocenters. The minimum atomic E-state index is -4.05. The first-order chi connectivity index (χ1) is 11.3. The van der Waals surface area contributed by atoms with E-state index in [2.05, 4.69) is 0 Å². The highest BCUT2D eigenvalue weighted by molar-refractivity contribution is 7.92. The quantitative estimate of drug-likeness (QED) is 0.468. The molecule has 0 radical (unpaired) electrons. The summed E-state index contributed by atoms with van der Waals surface area (Å²) >= 11 is 11.8. The largest absolute Gasteiger partial charge is 0.293 e. The van der Waals surface area contributed by atoms with E-state index < -0.39 is 22.5 Å². The summed E-state index contributed by atoms with van der Waals surface area (Å²) in [5.74, 6) is 4.45. The third kappa shape index (κ3) is 3.81. The highest BCUT2D eigenvalue weighted by Gasteiger charge is 2.28. The van der Waals surface area contributed by atoms with Gasteiger partial charge < -0.3 is 0 Å². The van der Waals surface area contributed by atoms with Crippen molar-refractivity contribution in [1.29, 1.82) is 0 Å². The Morgan fingerprint density at radius 2 is 1.83 bits per heavy atom. The second kappa shape index (κ2) is 7.40. The number of aryl methyl sites for hydroxylation is 1. The SMILES string of the molecule is Cc1ccccc1N(CC(=O)NN)S(=O)(=O)c1ccc(Cl)c(Cl)c1. The first-order valence-electron chi connectivity index (χ1n) is 6.80. The average molecular weight is 388 g/mol. The van der Waals surface area contributed by atoms with E-state index in [1.807, 2.05) is 5.43 Å². The third-order valence-electron chi connectivity index (χ3n) is 3.31. The number of carbonyl (C=O) groups excluding carboxylic acids is 1. The minimum absolute atomic E-state index is 0.0787. The predicted octanol–water partition coefficient (Wildman–Crippen LogP) is 2.49. The second-order valence-electron chi connectivity index (χ2n) is 4.94. The predicted molar refractivity (Wildman–Crippen MR) is 94.5 cm³/mol. The number of anilines is 1. The van der Waals surface area contributed by atoms with Gasteiger partial charge in [-0.05, 0) is 36.8 Å². The van der Waals surface area contributed by atoms with Gasteiger partial charge in [0.25, 0.3) is 15.9 Å². The van der Waals surface area contributed by atoms with E-state index in [4.69, 9.17) is 29.0 Å². The van der Waals surface area contributed by atoms with Crippen LogP contribution in [-0.4, -0.2) is 20.9 Å². The van der Waals surface area contributed by atoms with Crippen LogP contribution < -0.4 is 15.6 Å². The van der Waals surface area contributed by atoms with Crippen molar-refractivity contribution in [2.45, 2.75) is 11.8 Å². The highest BCUT2D eigenvalue weighted by Crippen LogP contribution is 2.30. The van der Waals surface area contributed by atoms with Gasteiger partial charge in [0.2, 0.25) is 0 Å². The van der Waals surface area contributed by atoms with Crippen LogP contribution in [0.4, 0.5) is 5.69 Å². The number of nitrogens with zero attached hydrogens (tertiary/aromatic N) is 1. The number of sulfonamides is 1. The van der Waals surface area contributed by atoms with Gasteiger partial charge in [-0.2, -0.15) is 0 Å². The Morgan fingerprint density at radius 1 is 1.17 bits per heavy atom. The molecule has 2 aromatic rings. The standard InChI is InChI=1S/C15H15Cl2N3O3S/c1-10-4-2-3-5-14(10)20(9-15(21)19-18)24(22,23)11-6-7-12(16)13(17)8-11/h2-8H,9,18H2,1H3,(H,19,21). The Bertz CT molecular complexity index is 872. The lowest BCUT2D eigenvalue weighted by Crippen LogP contribution is -2.43. The van der Waals surface area contributed by atoms with Crippen molar-refractivity contribution in [2.24, 2.45) is 5.84 Å². The van der Waals surface area contributed by atoms with Crippen LogP contribution in [0.5, 0.6) is 0 Å². The molecule has 0 fully saturated rings. The lowest BCUT2D eigenvalue weighted by Gasteiger charge is -2.25. The number of rotatable bonds is 5. The van der Waals surface area contributed by atoms with Crippen molar-refractivity contribution >= 4 is 44.8 Å². The van der Waals surface area contributed by atoms with Gasteiger partial charge in [0, 0.05) is 0 Å². The summed E-state index contributed by atoms with van der Waals surface area (Å²) in [6.45, 7) is 1.27. The molecule has 1 amide bonds. The van der Waals surface area contributed by atoms with Gasteiger partial charge in [0.15, 0.2) is 0 Å². The molecule has 0 aliphatic heterocycles. The van der Waals surface area contributed by atoms with Crippen LogP contribution in [-0.2, 0) is 14.8 Å². The monoisotopic (exact) mass is 387 g/mol. The number of amides is 1. The van der Waals surface area contributed by atoms with Crippen molar-refractivity contribution in [3.05, 3.63) is 58.1 Å². The number of hydrazine groups is 1. The van der Waals surface area contributed by atoms with Gasteiger partial charge in [0.1, 0.15) is 6.54 Å². The number of halogens is 2. The molecule has 0 spiro atoms. The minimum Gasteiger partial charge on any atom is -0.293 e. The van der Waals surface area contributed by atoms with Crippen molar-refractivity contribution in [3.8, 4) is 0 Å². The van der Waals surface area contributed by atoms with Crippen LogP contribution in [0.15, 0.2) is 47.4 Å². The van der Waals surface area contributed by atoms with E-state index in [1.54, 1.807) is 31.2 Å². The summed E-state index contributed by atoms with van der Waals surface area (Å²) in [5.41, 5.74) is 2.99. The van der Waals surface area contributed by atoms with Gasteiger partial charge in [-0.3, -0.25) is 14.5 Å². The van der Waals surface area contributed by atoms with Crippen molar-refractivity contribution in [2.75, 3.05) is 10.8 Å². The average Bonchev–Trinajstić information content (AvgIpc) is 2.55. The Balaban J connectivity index is 2.59. The summed E-state index contributed by atoms with van der Waals surface area (Å²) in [7, 11) is -4.05. The first-order valence-corrected chi connectivity index (χ1v) is 9.00. The number of para-hydroxylation sites is 1. The number of nitrogens with two attached hydrogens (primary N) is 1. The maximum Gasteiger partial charge on any atom is 0.264 e. The lowest BCUT2D eigenvalue weighted by molar-refractivity contribution is -0.119. The molecule has 0 unspecified atom stereocenters. The van der Waals surface area contributed by atoms with E-state index in [1.165, 1.54) is 18.2 Å². The van der Waals surface area contributed by atoms with Gasteiger partial charge in [0.05, 0.1) is 20.6 Å². The third-order valence-corrected chi connectivity index (χ3v) is 5.81. The molecule has 3 N–H and O–H groups in total. The molecule has 24 heavy (non-hydrogen) atoms. The molecule has 0 aromatic heterocycles. The van der Waals surface area contributed by atoms with Crippen LogP contribution in [0.3, 0.4) is 0 Å². The Labute approximate surface area is 150 Å². The summed E-state index contributed by atoms with van der Waals surface area (Å²) in [6.07, 6.45) is 0. The van der Waals surface area contributed by atoms with Crippen molar-refractivity contribution in [3.63, 3.8) is 0 Å². The number of hydrogen-bond donors (Lipinski definition) is 2. The lowest BCUT2D eigenvalue weighted by atomic mass is 10.2. The van der Waals surface area contributed by atoms with E-state index in [9.17, 15) is 13.2 Å². The van der Waals surface area contributed by atoms with E-state index >= 15 is 0 Å². The van der Waals surface area contributed by atoms with E-state index in [0.717, 1.165) is 4.31 Å². The smallest absolute Gasteiger partial charge is 0.264 e. The van der Waals surface area contributed by atoms with Crippen LogP contribution in [0, 0.1) is 6.92 Å². The maximum absolute atomic E-state index is 13.0. The molecule has 2 aromatic carbocycles. The van der Waals surface area contributed by atoms with Crippen LogP contribution >= 0.6 is 23.2 Å². The van der Waals surface area contributed by atoms with E-state index in [-0.39, 0.29) is 14.9 Å². The molecule has 6 nitrogen and oxygen atoms in total. The van der Waals surface area contributed by atoms with Gasteiger partial charge in [-0.25, -0.2) is 14.3 Å². The Morgan fingerprint density at radius 3 is 2.42 bits per heavy atom. The molecule has 2 rings (SSSR count). The molecule has 0 heterocycles. The first kappa shape index (κ1) is 18.5. The zero-order valence-electron chi connectivity index (χ0n) is 12.7. The van der Waals surface area contributed by atoms with Crippen molar-refractivity contribution < 1.29 is 13.2 Å². The Kier molecular flexibility index (Phi) is 5.71. The van der Waals surface area contributed by atoms with Crippen LogP contribution in [0.25, 0.3) is 0 Å². The zero-order valence-corrected chi connectivity index (χ0v) is 15.0. The fourth-order valence-electron chi connectivity index (χ4n) is 2.08. The summed E-state index contributed by atoms with van der Waals surface area (Å²) in [4.78, 5) is 11.6. The van der Waals surface area contributed by atoms with Gasteiger partial charge >= 0.3 is 0 Å². The van der Waals surface area contributed by atoms with Crippen molar-refractivity contribution in [1.82, 2.24) is 5.43 Å². The fraction of sp³-hybridized carbons (Fsp3) is 0.133. The number of carbonyl (C=O) groups is 1. The number of nitrogens with one attached hydrogen (secondary N) is 1. The van der Waals surface area contributed by atoms with Gasteiger partial charge in [-0.1, -0.05) is 41.4 Å². The molecule has 128 valence electrons. The van der Waals surface area contributed by atoms with E-state index in [0.29, 0.717) is 11.3 Å². The maximum atomic E-state index is 13.0. The van der Waals surface area contributed by atoms with Crippen LogP contribution in [0.2, 0.25) is 10.0 Å². The zero-order chi connectivity index (χ0) is 17.9. The molecule has 0 aliphatic rings. The molecule has 9 heteroatoms. The summed E-state index contributed by atoms with van der Waals surface area (Å²) in [5, 5.41) is 0.337. The molecular formula is C15H15Cl2N3O3S. The fourth-order valence-corrected chi connectivity index (χ4v) is 3.96. The Hall–Kier alpha value is -1.80. The molecular weight excluding hydrogens is 373 g/mol. The normalized spacial score (nSPS) is 11.2. The number of hydrogen-bond acceptors (Lipinski definition) is 4. The second-order valence-corrected chi connectivity index (χ2v) is 7.62. The topological polar surface area (TPSA) is 92.5 Å². The van der Waals surface area contributed by atoms with Gasteiger partial charge in [-0.15, -0.1) is 0 Å². The summed E-state index contributed by atoms with van der Waals surface area (Å²) < 4.78 is 27.0.